The van der Waals surface area contributed by atoms with Gasteiger partial charge in [-0.1, -0.05) is 31.0 Å². The number of hydrogen-bond donors (Lipinski definition) is 2. The van der Waals surface area contributed by atoms with Gasteiger partial charge < -0.3 is 10.3 Å². The molecule has 4 rings (SSSR count). The SMILES string of the molecule is NC(=O)C1(C(CCC2CC2)n2ccccc2=O)C=C(C(F)(F)F)N(c2ccccc2F)N1. The van der Waals surface area contributed by atoms with Crippen LogP contribution in [0.3, 0.4) is 0 Å². The molecule has 2 atom stereocenters. The molecule has 170 valence electrons. The van der Waals surface area contributed by atoms with Crippen LogP contribution in [0, 0.1) is 11.7 Å². The molecule has 2 aliphatic rings. The number of para-hydroxylation sites is 1. The quantitative estimate of drug-likeness (QED) is 0.634. The number of pyridine rings is 1. The average molecular weight is 450 g/mol. The third-order valence-corrected chi connectivity index (χ3v) is 5.95. The van der Waals surface area contributed by atoms with Gasteiger partial charge in [-0.25, -0.2) is 9.82 Å². The zero-order chi connectivity index (χ0) is 23.1. The monoisotopic (exact) mass is 450 g/mol. The number of halogens is 4. The Balaban J connectivity index is 1.87. The molecule has 1 aliphatic heterocycles. The number of benzene rings is 1. The van der Waals surface area contributed by atoms with Gasteiger partial charge >= 0.3 is 6.18 Å². The maximum Gasteiger partial charge on any atom is 0.432 e. The Bertz CT molecular complexity index is 1110. The summed E-state index contributed by atoms with van der Waals surface area (Å²) < 4.78 is 57.7. The summed E-state index contributed by atoms with van der Waals surface area (Å²) >= 11 is 0. The van der Waals surface area contributed by atoms with Crippen molar-refractivity contribution in [2.24, 2.45) is 11.7 Å². The van der Waals surface area contributed by atoms with E-state index in [2.05, 4.69) is 5.43 Å². The van der Waals surface area contributed by atoms with Crippen molar-refractivity contribution in [2.75, 3.05) is 5.01 Å². The lowest BCUT2D eigenvalue weighted by Crippen LogP contribution is -2.61. The summed E-state index contributed by atoms with van der Waals surface area (Å²) in [5, 5.41) is 0.498. The zero-order valence-corrected chi connectivity index (χ0v) is 17.0. The second-order valence-corrected chi connectivity index (χ2v) is 8.14. The number of carbonyl (C=O) groups is 1. The van der Waals surface area contributed by atoms with Crippen molar-refractivity contribution in [3.63, 3.8) is 0 Å². The lowest BCUT2D eigenvalue weighted by atomic mass is 9.85. The number of aromatic nitrogens is 1. The summed E-state index contributed by atoms with van der Waals surface area (Å²) in [6.45, 7) is 0. The minimum absolute atomic E-state index is 0.233. The first-order chi connectivity index (χ1) is 15.1. The van der Waals surface area contributed by atoms with E-state index in [0.717, 1.165) is 25.0 Å². The third-order valence-electron chi connectivity index (χ3n) is 5.95. The maximum atomic E-state index is 14.5. The van der Waals surface area contributed by atoms with Crippen LogP contribution in [0.5, 0.6) is 0 Å². The Morgan fingerprint density at radius 2 is 1.88 bits per heavy atom. The molecule has 10 heteroatoms. The van der Waals surface area contributed by atoms with Gasteiger partial charge in [0, 0.05) is 12.3 Å². The van der Waals surface area contributed by atoms with Gasteiger partial charge in [-0.05, 0) is 43.0 Å². The van der Waals surface area contributed by atoms with Crippen LogP contribution in [0.4, 0.5) is 23.2 Å². The predicted molar refractivity (Wildman–Crippen MR) is 110 cm³/mol. The molecule has 2 unspecified atom stereocenters. The number of alkyl halides is 3. The van der Waals surface area contributed by atoms with E-state index >= 15 is 0 Å². The fourth-order valence-corrected chi connectivity index (χ4v) is 4.13. The summed E-state index contributed by atoms with van der Waals surface area (Å²) in [7, 11) is 0. The van der Waals surface area contributed by atoms with Gasteiger partial charge in [0.1, 0.15) is 11.5 Å². The molecule has 3 N–H and O–H groups in total. The lowest BCUT2D eigenvalue weighted by molar-refractivity contribution is -0.124. The second-order valence-electron chi connectivity index (χ2n) is 8.14. The number of hydrazine groups is 1. The molecule has 6 nitrogen and oxygen atoms in total. The van der Waals surface area contributed by atoms with E-state index in [0.29, 0.717) is 23.4 Å². The van der Waals surface area contributed by atoms with E-state index < -0.39 is 46.4 Å². The number of nitrogens with one attached hydrogen (secondary N) is 1. The van der Waals surface area contributed by atoms with Crippen LogP contribution in [0.25, 0.3) is 0 Å². The average Bonchev–Trinajstić information content (AvgIpc) is 3.46. The number of nitrogens with two attached hydrogens (primary N) is 1. The summed E-state index contributed by atoms with van der Waals surface area (Å²) in [4.78, 5) is 25.3. The maximum absolute atomic E-state index is 14.5. The number of hydrogen-bond acceptors (Lipinski definition) is 4. The topological polar surface area (TPSA) is 80.4 Å². The first-order valence-corrected chi connectivity index (χ1v) is 10.2. The Kier molecular flexibility index (Phi) is 5.58. The molecule has 2 heterocycles. The molecule has 32 heavy (non-hydrogen) atoms. The fraction of sp³-hybridized carbons (Fsp3) is 0.364. The van der Waals surface area contributed by atoms with Gasteiger partial charge in [-0.2, -0.15) is 13.2 Å². The molecule has 1 amide bonds. The van der Waals surface area contributed by atoms with Crippen LogP contribution in [0.15, 0.2) is 65.2 Å². The highest BCUT2D eigenvalue weighted by molar-refractivity contribution is 5.90. The molecule has 1 aromatic carbocycles. The third kappa shape index (κ3) is 4.02. The van der Waals surface area contributed by atoms with Crippen LogP contribution < -0.4 is 21.7 Å². The van der Waals surface area contributed by atoms with E-state index in [4.69, 9.17) is 5.73 Å². The van der Waals surface area contributed by atoms with Crippen molar-refractivity contribution < 1.29 is 22.4 Å². The normalized spacial score (nSPS) is 22.0. The first-order valence-electron chi connectivity index (χ1n) is 10.2. The van der Waals surface area contributed by atoms with E-state index in [1.807, 2.05) is 0 Å². The van der Waals surface area contributed by atoms with Crippen LogP contribution in [0.1, 0.15) is 31.7 Å². The molecule has 1 saturated carbocycles. The molecule has 0 saturated heterocycles. The van der Waals surface area contributed by atoms with E-state index in [9.17, 15) is 27.2 Å². The van der Waals surface area contributed by atoms with Crippen molar-refractivity contribution >= 4 is 11.6 Å². The first kappa shape index (κ1) is 22.1. The van der Waals surface area contributed by atoms with Crippen LogP contribution in [0.2, 0.25) is 0 Å². The highest BCUT2D eigenvalue weighted by Crippen LogP contribution is 2.44. The highest BCUT2D eigenvalue weighted by atomic mass is 19.4. The number of carbonyl (C=O) groups excluding carboxylic acids is 1. The number of anilines is 1. The van der Waals surface area contributed by atoms with Gasteiger partial charge in [-0.3, -0.25) is 14.6 Å². The molecule has 0 radical (unpaired) electrons. The Labute approximate surface area is 181 Å². The van der Waals surface area contributed by atoms with Crippen LogP contribution in [-0.2, 0) is 4.79 Å². The number of amides is 1. The van der Waals surface area contributed by atoms with Gasteiger partial charge in [0.25, 0.3) is 5.56 Å². The predicted octanol–water partition coefficient (Wildman–Crippen LogP) is 3.41. The minimum atomic E-state index is -4.92. The summed E-state index contributed by atoms with van der Waals surface area (Å²) in [6, 6.07) is 8.16. The fourth-order valence-electron chi connectivity index (χ4n) is 4.13. The molecule has 1 aromatic heterocycles. The summed E-state index contributed by atoms with van der Waals surface area (Å²) in [5.41, 5.74) is 3.93. The standard InChI is InChI=1S/C22H22F4N4O2/c23-15-5-1-2-6-16(15)30-18(22(24,25)26)13-21(28-30,20(27)32)17(11-10-14-8-9-14)29-12-4-3-7-19(29)31/h1-7,12-14,17,28H,8-11H2,(H2,27,32). The van der Waals surface area contributed by atoms with Crippen LogP contribution >= 0.6 is 0 Å². The van der Waals surface area contributed by atoms with Crippen molar-refractivity contribution in [3.8, 4) is 0 Å². The van der Waals surface area contributed by atoms with Crippen molar-refractivity contribution in [2.45, 2.75) is 43.4 Å². The molecule has 2 aromatic rings. The molecule has 1 aliphatic carbocycles. The highest BCUT2D eigenvalue weighted by Gasteiger charge is 2.55. The van der Waals surface area contributed by atoms with E-state index in [1.54, 1.807) is 6.07 Å². The minimum Gasteiger partial charge on any atom is -0.368 e. The largest absolute Gasteiger partial charge is 0.432 e. The van der Waals surface area contributed by atoms with Gasteiger partial charge in [0.2, 0.25) is 5.91 Å². The zero-order valence-electron chi connectivity index (χ0n) is 17.0. The molecular weight excluding hydrogens is 428 g/mol. The van der Waals surface area contributed by atoms with Crippen molar-refractivity contribution in [3.05, 3.63) is 76.6 Å². The van der Waals surface area contributed by atoms with Gasteiger partial charge in [-0.15, -0.1) is 0 Å². The lowest BCUT2D eigenvalue weighted by Gasteiger charge is -2.37. The number of allylic oxidation sites excluding steroid dienone is 1. The van der Waals surface area contributed by atoms with Gasteiger partial charge in [0.05, 0.1) is 11.7 Å². The molecule has 1 fully saturated rings. The van der Waals surface area contributed by atoms with Gasteiger partial charge in [0.15, 0.2) is 5.54 Å². The van der Waals surface area contributed by atoms with Crippen LogP contribution in [-0.4, -0.2) is 22.2 Å². The van der Waals surface area contributed by atoms with E-state index in [-0.39, 0.29) is 6.42 Å². The summed E-state index contributed by atoms with van der Waals surface area (Å²) in [5.74, 6) is -1.63. The second kappa shape index (κ2) is 8.09. The number of nitrogens with zero attached hydrogens (tertiary/aromatic N) is 2. The molecule has 0 bridgehead atoms. The molecular formula is C22H22F4N4O2. The summed E-state index contributed by atoms with van der Waals surface area (Å²) in [6.07, 6.45) is -0.0151. The Morgan fingerprint density at radius 3 is 2.47 bits per heavy atom. The number of rotatable bonds is 7. The smallest absolute Gasteiger partial charge is 0.368 e. The number of primary amides is 1. The Hall–Kier alpha value is -3.14. The van der Waals surface area contributed by atoms with Crippen molar-refractivity contribution in [1.29, 1.82) is 0 Å². The Morgan fingerprint density at radius 1 is 1.19 bits per heavy atom. The van der Waals surface area contributed by atoms with Crippen molar-refractivity contribution in [1.82, 2.24) is 9.99 Å². The molecule has 0 spiro atoms. The van der Waals surface area contributed by atoms with E-state index in [1.165, 1.54) is 35.0 Å².